The molecule has 0 radical (unpaired) electrons. The van der Waals surface area contributed by atoms with E-state index in [1.165, 1.54) is 116 Å². The van der Waals surface area contributed by atoms with Crippen molar-refractivity contribution in [1.29, 1.82) is 0 Å². The van der Waals surface area contributed by atoms with E-state index in [0.717, 1.165) is 37.5 Å². The number of hydrogen-bond acceptors (Lipinski definition) is 2. The first-order valence-corrected chi connectivity index (χ1v) is 15.8. The summed E-state index contributed by atoms with van der Waals surface area (Å²) in [4.78, 5) is 12.2. The van der Waals surface area contributed by atoms with E-state index in [4.69, 9.17) is 4.74 Å². The van der Waals surface area contributed by atoms with Gasteiger partial charge in [0.2, 0.25) is 0 Å². The Morgan fingerprint density at radius 1 is 0.676 bits per heavy atom. The van der Waals surface area contributed by atoms with Gasteiger partial charge in [0.15, 0.2) is 0 Å². The average Bonchev–Trinajstić information content (AvgIpc) is 3.55. The Bertz CT molecular complexity index is 458. The fourth-order valence-electron chi connectivity index (χ4n) is 5.56. The number of ether oxygens (including phenoxy) is 1. The standard InChI is InChI=1S/C32H62O2/c1-5-7-9-11-15-18-22-29-27-30(29)23-19-16-12-13-17-20-24-31(26-28(3)4)34-32(33)25-21-14-10-8-6-2/h28-31H,5-27H2,1-4H3. The number of carbonyl (C=O) groups excluding carboxylic acids is 1. The van der Waals surface area contributed by atoms with Gasteiger partial charge in [-0.2, -0.15) is 0 Å². The van der Waals surface area contributed by atoms with Crippen LogP contribution in [-0.4, -0.2) is 12.1 Å². The van der Waals surface area contributed by atoms with E-state index in [2.05, 4.69) is 27.7 Å². The van der Waals surface area contributed by atoms with Gasteiger partial charge in [0.05, 0.1) is 0 Å². The van der Waals surface area contributed by atoms with Crippen molar-refractivity contribution in [2.75, 3.05) is 0 Å². The van der Waals surface area contributed by atoms with Crippen LogP contribution in [0.2, 0.25) is 0 Å². The normalized spacial score (nSPS) is 18.4. The molecule has 0 bridgehead atoms. The maximum absolute atomic E-state index is 12.2. The largest absolute Gasteiger partial charge is 0.462 e. The molecule has 1 saturated carbocycles. The molecule has 1 fully saturated rings. The Kier molecular flexibility index (Phi) is 20.1. The van der Waals surface area contributed by atoms with Gasteiger partial charge in [-0.15, -0.1) is 0 Å². The van der Waals surface area contributed by atoms with Crippen molar-refractivity contribution in [2.24, 2.45) is 17.8 Å². The second-order valence-electron chi connectivity index (χ2n) is 11.9. The molecule has 0 aromatic rings. The number of rotatable bonds is 25. The molecule has 1 rings (SSSR count). The van der Waals surface area contributed by atoms with E-state index in [1.807, 2.05) is 0 Å². The van der Waals surface area contributed by atoms with Crippen LogP contribution in [0.1, 0.15) is 175 Å². The number of unbranched alkanes of at least 4 members (excludes halogenated alkanes) is 14. The van der Waals surface area contributed by atoms with Gasteiger partial charge in [0, 0.05) is 6.42 Å². The van der Waals surface area contributed by atoms with Crippen LogP contribution in [0.25, 0.3) is 0 Å². The highest BCUT2D eigenvalue weighted by molar-refractivity contribution is 5.69. The lowest BCUT2D eigenvalue weighted by Gasteiger charge is -2.20. The predicted octanol–water partition coefficient (Wildman–Crippen LogP) is 10.8. The Balaban J connectivity index is 1.96. The number of esters is 1. The van der Waals surface area contributed by atoms with Gasteiger partial charge in [-0.25, -0.2) is 0 Å². The Morgan fingerprint density at radius 2 is 1.15 bits per heavy atom. The highest BCUT2D eigenvalue weighted by Gasteiger charge is 2.34. The van der Waals surface area contributed by atoms with Gasteiger partial charge < -0.3 is 4.74 Å². The monoisotopic (exact) mass is 478 g/mol. The zero-order chi connectivity index (χ0) is 24.9. The number of carbonyl (C=O) groups is 1. The molecule has 0 aromatic heterocycles. The third-order valence-corrected chi connectivity index (χ3v) is 7.87. The minimum absolute atomic E-state index is 0.0389. The van der Waals surface area contributed by atoms with Gasteiger partial charge in [0.25, 0.3) is 0 Å². The topological polar surface area (TPSA) is 26.3 Å². The fourth-order valence-corrected chi connectivity index (χ4v) is 5.56. The Hall–Kier alpha value is -0.530. The summed E-state index contributed by atoms with van der Waals surface area (Å²) in [6, 6.07) is 0. The highest BCUT2D eigenvalue weighted by Crippen LogP contribution is 2.45. The molecule has 0 N–H and O–H groups in total. The molecule has 1 aliphatic carbocycles. The molecule has 1 aliphatic rings. The van der Waals surface area contributed by atoms with Crippen LogP contribution in [0.15, 0.2) is 0 Å². The third kappa shape index (κ3) is 18.8. The van der Waals surface area contributed by atoms with Gasteiger partial charge in [-0.3, -0.25) is 4.79 Å². The minimum atomic E-state index is 0.0389. The molecule has 0 heterocycles. The molecule has 0 saturated heterocycles. The quantitative estimate of drug-likeness (QED) is 0.0963. The summed E-state index contributed by atoms with van der Waals surface area (Å²) in [6.07, 6.45) is 30.1. The van der Waals surface area contributed by atoms with E-state index >= 15 is 0 Å². The maximum atomic E-state index is 12.2. The molecule has 3 unspecified atom stereocenters. The van der Waals surface area contributed by atoms with Gasteiger partial charge in [0.1, 0.15) is 6.10 Å². The van der Waals surface area contributed by atoms with Crippen molar-refractivity contribution in [1.82, 2.24) is 0 Å². The van der Waals surface area contributed by atoms with Crippen LogP contribution in [0.4, 0.5) is 0 Å². The Morgan fingerprint density at radius 3 is 1.68 bits per heavy atom. The molecule has 0 spiro atoms. The minimum Gasteiger partial charge on any atom is -0.462 e. The van der Waals surface area contributed by atoms with Crippen LogP contribution >= 0.6 is 0 Å². The van der Waals surface area contributed by atoms with Crippen LogP contribution in [-0.2, 0) is 9.53 Å². The number of hydrogen-bond donors (Lipinski definition) is 0. The van der Waals surface area contributed by atoms with E-state index in [0.29, 0.717) is 12.3 Å². The average molecular weight is 479 g/mol. The van der Waals surface area contributed by atoms with Crippen LogP contribution in [0, 0.1) is 17.8 Å². The molecular formula is C32H62O2. The molecule has 2 nitrogen and oxygen atoms in total. The van der Waals surface area contributed by atoms with Gasteiger partial charge >= 0.3 is 5.97 Å². The van der Waals surface area contributed by atoms with Crippen LogP contribution in [0.3, 0.4) is 0 Å². The maximum Gasteiger partial charge on any atom is 0.306 e. The summed E-state index contributed by atoms with van der Waals surface area (Å²) in [6.45, 7) is 9.01. The Labute approximate surface area is 214 Å². The molecule has 0 aliphatic heterocycles. The molecule has 202 valence electrons. The fraction of sp³-hybridized carbons (Fsp3) is 0.969. The van der Waals surface area contributed by atoms with Gasteiger partial charge in [-0.05, 0) is 49.9 Å². The lowest BCUT2D eigenvalue weighted by molar-refractivity contribution is -0.150. The smallest absolute Gasteiger partial charge is 0.306 e. The highest BCUT2D eigenvalue weighted by atomic mass is 16.5. The van der Waals surface area contributed by atoms with E-state index < -0.39 is 0 Å². The molecule has 0 amide bonds. The molecule has 0 aromatic carbocycles. The van der Waals surface area contributed by atoms with Crippen LogP contribution in [0.5, 0.6) is 0 Å². The van der Waals surface area contributed by atoms with E-state index in [9.17, 15) is 4.79 Å². The van der Waals surface area contributed by atoms with E-state index in [1.54, 1.807) is 0 Å². The summed E-state index contributed by atoms with van der Waals surface area (Å²) >= 11 is 0. The lowest BCUT2D eigenvalue weighted by atomic mass is 9.99. The van der Waals surface area contributed by atoms with Crippen molar-refractivity contribution >= 4 is 5.97 Å². The predicted molar refractivity (Wildman–Crippen MR) is 149 cm³/mol. The first-order valence-electron chi connectivity index (χ1n) is 15.8. The first-order chi connectivity index (χ1) is 16.6. The summed E-state index contributed by atoms with van der Waals surface area (Å²) in [7, 11) is 0. The second kappa shape index (κ2) is 21.7. The lowest BCUT2D eigenvalue weighted by Crippen LogP contribution is -2.20. The third-order valence-electron chi connectivity index (χ3n) is 7.87. The molecule has 34 heavy (non-hydrogen) atoms. The summed E-state index contributed by atoms with van der Waals surface area (Å²) in [5, 5.41) is 0. The SMILES string of the molecule is CCCCCCCCC1CC1CCCCCCCCC(CC(C)C)OC(=O)CCCCCCC. The van der Waals surface area contributed by atoms with Crippen molar-refractivity contribution in [3.05, 3.63) is 0 Å². The molecule has 2 heteroatoms. The zero-order valence-electron chi connectivity index (χ0n) is 23.9. The van der Waals surface area contributed by atoms with Crippen molar-refractivity contribution in [3.8, 4) is 0 Å². The zero-order valence-corrected chi connectivity index (χ0v) is 23.9. The van der Waals surface area contributed by atoms with Crippen molar-refractivity contribution < 1.29 is 9.53 Å². The summed E-state index contributed by atoms with van der Waals surface area (Å²) in [5.74, 6) is 2.79. The molecule has 3 atom stereocenters. The molecular weight excluding hydrogens is 416 g/mol. The van der Waals surface area contributed by atoms with Crippen LogP contribution < -0.4 is 0 Å². The first kappa shape index (κ1) is 31.5. The summed E-state index contributed by atoms with van der Waals surface area (Å²) < 4.78 is 5.87. The van der Waals surface area contributed by atoms with Crippen molar-refractivity contribution in [3.63, 3.8) is 0 Å². The van der Waals surface area contributed by atoms with E-state index in [-0.39, 0.29) is 12.1 Å². The van der Waals surface area contributed by atoms with Crippen molar-refractivity contribution in [2.45, 2.75) is 181 Å². The second-order valence-corrected chi connectivity index (χ2v) is 11.9. The van der Waals surface area contributed by atoms with Gasteiger partial charge in [-0.1, -0.05) is 137 Å². The summed E-state index contributed by atoms with van der Waals surface area (Å²) in [5.41, 5.74) is 0.